The van der Waals surface area contributed by atoms with Gasteiger partial charge in [0, 0.05) is 33.5 Å². The van der Waals surface area contributed by atoms with Crippen molar-refractivity contribution in [1.29, 1.82) is 0 Å². The summed E-state index contributed by atoms with van der Waals surface area (Å²) in [5, 5.41) is 2.45. The van der Waals surface area contributed by atoms with E-state index in [2.05, 4.69) is 156 Å². The minimum Gasteiger partial charge on any atom is -0.311 e. The Balaban J connectivity index is 1.10. The quantitative estimate of drug-likeness (QED) is 0.162. The zero-order valence-corrected chi connectivity index (χ0v) is 29.0. The SMILES string of the molecule is Cc1ccc2c3cc(-c4ccc(N(c5ccc(-c6ccc(F)cc6)cc5)c5ccc(-c6ccc(F)cc6)cc5)cc4)ccc3n(-c3ccccc3)c2c1. The van der Waals surface area contributed by atoms with Crippen LogP contribution in [0.25, 0.3) is 60.9 Å². The number of hydrogen-bond acceptors (Lipinski definition) is 1. The van der Waals surface area contributed by atoms with Crippen molar-refractivity contribution in [1.82, 2.24) is 4.57 Å². The number of rotatable bonds is 7. The van der Waals surface area contributed by atoms with Crippen molar-refractivity contribution in [3.63, 3.8) is 0 Å². The van der Waals surface area contributed by atoms with Gasteiger partial charge in [-0.05, 0) is 137 Å². The van der Waals surface area contributed by atoms with Gasteiger partial charge in [-0.15, -0.1) is 0 Å². The van der Waals surface area contributed by atoms with Crippen LogP contribution >= 0.6 is 0 Å². The number of para-hydroxylation sites is 1. The Morgan fingerprint density at radius 3 is 1.30 bits per heavy atom. The van der Waals surface area contributed by atoms with Crippen LogP contribution in [0.5, 0.6) is 0 Å². The van der Waals surface area contributed by atoms with Crippen LogP contribution < -0.4 is 4.90 Å². The van der Waals surface area contributed by atoms with Gasteiger partial charge in [-0.3, -0.25) is 0 Å². The summed E-state index contributed by atoms with van der Waals surface area (Å²) >= 11 is 0. The van der Waals surface area contributed by atoms with E-state index in [0.29, 0.717) is 0 Å². The number of fused-ring (bicyclic) bond motifs is 3. The molecule has 0 bridgehead atoms. The first-order chi connectivity index (χ1) is 26.0. The summed E-state index contributed by atoms with van der Waals surface area (Å²) in [4.78, 5) is 2.23. The summed E-state index contributed by atoms with van der Waals surface area (Å²) in [7, 11) is 0. The smallest absolute Gasteiger partial charge is 0.123 e. The Morgan fingerprint density at radius 2 is 0.811 bits per heavy atom. The van der Waals surface area contributed by atoms with Gasteiger partial charge >= 0.3 is 0 Å². The van der Waals surface area contributed by atoms with Crippen molar-refractivity contribution in [2.75, 3.05) is 4.90 Å². The molecule has 0 spiro atoms. The lowest BCUT2D eigenvalue weighted by Crippen LogP contribution is -2.09. The maximum Gasteiger partial charge on any atom is 0.123 e. The number of benzene rings is 8. The molecule has 0 saturated heterocycles. The Morgan fingerprint density at radius 1 is 0.377 bits per heavy atom. The number of aryl methyl sites for hydroxylation is 1. The fraction of sp³-hybridized carbons (Fsp3) is 0.0204. The highest BCUT2D eigenvalue weighted by Crippen LogP contribution is 2.39. The molecular formula is C49H34F2N2. The average molecular weight is 689 g/mol. The molecule has 0 amide bonds. The molecule has 8 aromatic carbocycles. The third-order valence-electron chi connectivity index (χ3n) is 10.0. The van der Waals surface area contributed by atoms with E-state index in [1.165, 1.54) is 51.6 Å². The molecule has 0 saturated carbocycles. The van der Waals surface area contributed by atoms with Crippen LogP contribution in [0.2, 0.25) is 0 Å². The number of halogens is 2. The molecule has 0 aliphatic carbocycles. The molecule has 9 rings (SSSR count). The highest BCUT2D eigenvalue weighted by Gasteiger charge is 2.16. The van der Waals surface area contributed by atoms with Crippen molar-refractivity contribution < 1.29 is 8.78 Å². The first-order valence-corrected chi connectivity index (χ1v) is 17.7. The maximum atomic E-state index is 13.6. The molecule has 53 heavy (non-hydrogen) atoms. The van der Waals surface area contributed by atoms with Crippen LogP contribution in [0.3, 0.4) is 0 Å². The van der Waals surface area contributed by atoms with Crippen molar-refractivity contribution in [2.24, 2.45) is 0 Å². The summed E-state index contributed by atoms with van der Waals surface area (Å²) in [5.74, 6) is -0.504. The first-order valence-electron chi connectivity index (χ1n) is 17.7. The zero-order chi connectivity index (χ0) is 35.9. The Hall–Kier alpha value is -6.78. The molecule has 0 atom stereocenters. The Kier molecular flexibility index (Phi) is 8.13. The second kappa shape index (κ2) is 13.4. The van der Waals surface area contributed by atoms with E-state index < -0.39 is 0 Å². The van der Waals surface area contributed by atoms with E-state index in [-0.39, 0.29) is 11.6 Å². The normalized spacial score (nSPS) is 11.3. The number of anilines is 3. The fourth-order valence-corrected chi connectivity index (χ4v) is 7.31. The molecule has 2 nitrogen and oxygen atoms in total. The third-order valence-corrected chi connectivity index (χ3v) is 10.0. The molecule has 0 fully saturated rings. The van der Waals surface area contributed by atoms with Gasteiger partial charge in [0.1, 0.15) is 11.6 Å². The molecule has 9 aromatic rings. The lowest BCUT2D eigenvalue weighted by atomic mass is 10.0. The van der Waals surface area contributed by atoms with Crippen molar-refractivity contribution in [3.8, 4) is 39.1 Å². The average Bonchev–Trinajstić information content (AvgIpc) is 3.52. The Bertz CT molecular complexity index is 2610. The monoisotopic (exact) mass is 688 g/mol. The first kappa shape index (κ1) is 32.1. The van der Waals surface area contributed by atoms with Crippen LogP contribution in [-0.4, -0.2) is 4.57 Å². The molecule has 4 heteroatoms. The lowest BCUT2D eigenvalue weighted by Gasteiger charge is -2.26. The maximum absolute atomic E-state index is 13.6. The van der Waals surface area contributed by atoms with Crippen LogP contribution in [-0.2, 0) is 0 Å². The predicted octanol–water partition coefficient (Wildman–Crippen LogP) is 13.8. The lowest BCUT2D eigenvalue weighted by molar-refractivity contribution is 0.627. The van der Waals surface area contributed by atoms with Gasteiger partial charge in [0.15, 0.2) is 0 Å². The van der Waals surface area contributed by atoms with Crippen molar-refractivity contribution >= 4 is 38.9 Å². The van der Waals surface area contributed by atoms with E-state index >= 15 is 0 Å². The van der Waals surface area contributed by atoms with Gasteiger partial charge in [-0.25, -0.2) is 8.78 Å². The zero-order valence-electron chi connectivity index (χ0n) is 29.0. The molecular weight excluding hydrogens is 655 g/mol. The topological polar surface area (TPSA) is 8.17 Å². The standard InChI is InChI=1S/C49H34F2N2/c1-33-7-29-46-47-32-39(18-30-48(47)53(49(46)31-33)42-5-3-2-4-6-42)38-16-27-45(28-17-38)52(43-23-12-36(13-24-43)34-8-19-40(50)20-9-34)44-25-14-37(15-26-44)35-10-21-41(51)22-11-35/h2-32H,1H3. The summed E-state index contributed by atoms with van der Waals surface area (Å²) in [6, 6.07) is 62.5. The summed E-state index contributed by atoms with van der Waals surface area (Å²) in [6.45, 7) is 2.14. The highest BCUT2D eigenvalue weighted by atomic mass is 19.1. The largest absolute Gasteiger partial charge is 0.311 e. The number of nitrogens with zero attached hydrogens (tertiary/aromatic N) is 2. The van der Waals surface area contributed by atoms with Gasteiger partial charge in [0.25, 0.3) is 0 Å². The van der Waals surface area contributed by atoms with Crippen molar-refractivity contribution in [3.05, 3.63) is 205 Å². The fourth-order valence-electron chi connectivity index (χ4n) is 7.31. The van der Waals surface area contributed by atoms with Crippen LogP contribution in [0, 0.1) is 18.6 Å². The van der Waals surface area contributed by atoms with Gasteiger partial charge in [-0.1, -0.05) is 97.1 Å². The molecule has 1 aromatic heterocycles. The van der Waals surface area contributed by atoms with Crippen molar-refractivity contribution in [2.45, 2.75) is 6.92 Å². The van der Waals surface area contributed by atoms with Gasteiger partial charge in [0.05, 0.1) is 11.0 Å². The van der Waals surface area contributed by atoms with E-state index in [0.717, 1.165) is 56.1 Å². The second-order valence-corrected chi connectivity index (χ2v) is 13.4. The molecule has 0 unspecified atom stereocenters. The van der Waals surface area contributed by atoms with E-state index in [1.54, 1.807) is 24.3 Å². The summed E-state index contributed by atoms with van der Waals surface area (Å²) in [6.07, 6.45) is 0. The highest BCUT2D eigenvalue weighted by molar-refractivity contribution is 6.10. The van der Waals surface area contributed by atoms with E-state index in [9.17, 15) is 8.78 Å². The third kappa shape index (κ3) is 6.15. The van der Waals surface area contributed by atoms with Gasteiger partial charge in [-0.2, -0.15) is 0 Å². The minimum absolute atomic E-state index is 0.252. The molecule has 0 aliphatic rings. The van der Waals surface area contributed by atoms with E-state index in [1.807, 2.05) is 0 Å². The molecule has 0 N–H and O–H groups in total. The van der Waals surface area contributed by atoms with Crippen LogP contribution in [0.1, 0.15) is 5.56 Å². The Labute approximate surface area is 307 Å². The predicted molar refractivity (Wildman–Crippen MR) is 216 cm³/mol. The van der Waals surface area contributed by atoms with Crippen LogP contribution in [0.4, 0.5) is 25.8 Å². The molecule has 1 heterocycles. The molecule has 254 valence electrons. The number of hydrogen-bond donors (Lipinski definition) is 0. The molecule has 0 radical (unpaired) electrons. The second-order valence-electron chi connectivity index (χ2n) is 13.4. The molecule has 0 aliphatic heterocycles. The van der Waals surface area contributed by atoms with Gasteiger partial charge in [0.2, 0.25) is 0 Å². The van der Waals surface area contributed by atoms with Gasteiger partial charge < -0.3 is 9.47 Å². The van der Waals surface area contributed by atoms with Crippen LogP contribution in [0.15, 0.2) is 188 Å². The summed E-state index contributed by atoms with van der Waals surface area (Å²) in [5.41, 5.74) is 13.9. The summed E-state index contributed by atoms with van der Waals surface area (Å²) < 4.78 is 29.6. The minimum atomic E-state index is -0.252. The van der Waals surface area contributed by atoms with E-state index in [4.69, 9.17) is 0 Å². The number of aromatic nitrogens is 1.